The van der Waals surface area contributed by atoms with Gasteiger partial charge in [0, 0.05) is 50.6 Å². The molecule has 1 aromatic rings. The summed E-state index contributed by atoms with van der Waals surface area (Å²) >= 11 is 0. The van der Waals surface area contributed by atoms with Crippen LogP contribution in [0.15, 0.2) is 24.5 Å². The van der Waals surface area contributed by atoms with Crippen LogP contribution in [0.2, 0.25) is 0 Å². The van der Waals surface area contributed by atoms with Crippen molar-refractivity contribution in [1.29, 1.82) is 0 Å². The van der Waals surface area contributed by atoms with Gasteiger partial charge in [0.1, 0.15) is 0 Å². The maximum Gasteiger partial charge on any atom is 0.225 e. The lowest BCUT2D eigenvalue weighted by molar-refractivity contribution is -0.132. The van der Waals surface area contributed by atoms with Crippen LogP contribution in [0, 0.1) is 11.8 Å². The third kappa shape index (κ3) is 3.12. The normalized spacial score (nSPS) is 31.4. The fourth-order valence-corrected chi connectivity index (χ4v) is 4.16. The molecule has 0 bridgehead atoms. The minimum atomic E-state index is 0.0634. The van der Waals surface area contributed by atoms with Gasteiger partial charge in [0.2, 0.25) is 5.91 Å². The van der Waals surface area contributed by atoms with Crippen molar-refractivity contribution in [2.24, 2.45) is 11.8 Å². The molecule has 0 unspecified atom stereocenters. The molecule has 5 nitrogen and oxygen atoms in total. The molecule has 1 aliphatic carbocycles. The Bertz CT molecular complexity index is 546. The van der Waals surface area contributed by atoms with Crippen molar-refractivity contribution in [1.82, 2.24) is 15.2 Å². The minimum Gasteiger partial charge on any atom is -0.377 e. The Labute approximate surface area is 137 Å². The van der Waals surface area contributed by atoms with Crippen molar-refractivity contribution in [3.8, 4) is 0 Å². The van der Waals surface area contributed by atoms with Gasteiger partial charge in [-0.3, -0.25) is 14.7 Å². The van der Waals surface area contributed by atoms with E-state index in [1.54, 1.807) is 6.20 Å². The topological polar surface area (TPSA) is 54.5 Å². The van der Waals surface area contributed by atoms with Gasteiger partial charge in [0.15, 0.2) is 0 Å². The van der Waals surface area contributed by atoms with Gasteiger partial charge in [-0.05, 0) is 30.9 Å². The fraction of sp³-hybridized carbons (Fsp3) is 0.667. The van der Waals surface area contributed by atoms with Gasteiger partial charge < -0.3 is 10.1 Å². The van der Waals surface area contributed by atoms with Crippen LogP contribution in [0.1, 0.15) is 31.2 Å². The summed E-state index contributed by atoms with van der Waals surface area (Å²) in [6.07, 6.45) is 8.72. The van der Waals surface area contributed by atoms with Crippen LogP contribution in [0.25, 0.3) is 0 Å². The molecule has 0 aromatic carbocycles. The molecule has 2 aliphatic heterocycles. The molecular formula is C18H25N3O2. The molecule has 4 rings (SSSR count). The number of pyridine rings is 1. The highest BCUT2D eigenvalue weighted by molar-refractivity contribution is 5.79. The molecule has 0 spiro atoms. The first kappa shape index (κ1) is 15.1. The number of fused-ring (bicyclic) bond motifs is 1. The van der Waals surface area contributed by atoms with E-state index >= 15 is 0 Å². The van der Waals surface area contributed by atoms with E-state index in [4.69, 9.17) is 4.74 Å². The summed E-state index contributed by atoms with van der Waals surface area (Å²) in [5.74, 6) is 0.632. The molecule has 1 amide bonds. The molecule has 23 heavy (non-hydrogen) atoms. The highest BCUT2D eigenvalue weighted by atomic mass is 16.5. The number of hydrogen-bond donors (Lipinski definition) is 1. The number of hydrogen-bond acceptors (Lipinski definition) is 4. The Morgan fingerprint density at radius 2 is 2.26 bits per heavy atom. The summed E-state index contributed by atoms with van der Waals surface area (Å²) in [4.78, 5) is 19.4. The molecule has 1 saturated carbocycles. The number of rotatable bonds is 4. The fourth-order valence-electron chi connectivity index (χ4n) is 4.16. The minimum absolute atomic E-state index is 0.0634. The molecule has 1 aromatic heterocycles. The number of nitrogens with zero attached hydrogens (tertiary/aromatic N) is 2. The van der Waals surface area contributed by atoms with Gasteiger partial charge in [0.05, 0.1) is 12.0 Å². The Hall–Kier alpha value is -1.46. The molecule has 5 heteroatoms. The van der Waals surface area contributed by atoms with E-state index in [0.717, 1.165) is 31.7 Å². The zero-order valence-electron chi connectivity index (χ0n) is 13.5. The summed E-state index contributed by atoms with van der Waals surface area (Å²) in [6, 6.07) is 4.58. The van der Waals surface area contributed by atoms with Crippen LogP contribution in [0.4, 0.5) is 0 Å². The van der Waals surface area contributed by atoms with Gasteiger partial charge in [0.25, 0.3) is 0 Å². The van der Waals surface area contributed by atoms with E-state index in [1.165, 1.54) is 19.3 Å². The van der Waals surface area contributed by atoms with E-state index in [-0.39, 0.29) is 17.9 Å². The standard InChI is InChI=1S/C18H25N3O2/c22-18(20-10-13-3-2-7-19-9-13)16-11-21(14-4-1-5-14)12-17-15(16)6-8-23-17/h2-3,7,9,14-17H,1,4-6,8,10-12H2,(H,20,22)/t15-,16+,17+/m0/s1. The number of ether oxygens (including phenoxy) is 1. The maximum atomic E-state index is 12.8. The Morgan fingerprint density at radius 3 is 3.00 bits per heavy atom. The van der Waals surface area contributed by atoms with Crippen molar-refractivity contribution in [3.05, 3.63) is 30.1 Å². The van der Waals surface area contributed by atoms with E-state index in [1.807, 2.05) is 18.3 Å². The van der Waals surface area contributed by atoms with Gasteiger partial charge in [-0.2, -0.15) is 0 Å². The molecule has 3 heterocycles. The molecule has 124 valence electrons. The van der Waals surface area contributed by atoms with E-state index in [2.05, 4.69) is 15.2 Å². The number of amides is 1. The number of nitrogens with one attached hydrogen (secondary N) is 1. The summed E-state index contributed by atoms with van der Waals surface area (Å²) < 4.78 is 5.92. The molecule has 1 N–H and O–H groups in total. The zero-order chi connectivity index (χ0) is 15.6. The van der Waals surface area contributed by atoms with Crippen LogP contribution in [-0.2, 0) is 16.1 Å². The van der Waals surface area contributed by atoms with Crippen LogP contribution in [0.3, 0.4) is 0 Å². The number of aromatic nitrogens is 1. The van der Waals surface area contributed by atoms with E-state index in [0.29, 0.717) is 18.5 Å². The molecule has 3 fully saturated rings. The van der Waals surface area contributed by atoms with Gasteiger partial charge >= 0.3 is 0 Å². The van der Waals surface area contributed by atoms with Crippen molar-refractivity contribution in [2.45, 2.75) is 44.4 Å². The SMILES string of the molecule is O=C(NCc1cccnc1)[C@@H]1CN(C2CCC2)C[C@H]2OCC[C@H]21. The number of piperidine rings is 1. The summed E-state index contributed by atoms with van der Waals surface area (Å²) in [6.45, 7) is 3.28. The second-order valence-corrected chi connectivity index (χ2v) is 7.09. The van der Waals surface area contributed by atoms with E-state index in [9.17, 15) is 4.79 Å². The number of carbonyl (C=O) groups excluding carboxylic acids is 1. The summed E-state index contributed by atoms with van der Waals surface area (Å²) in [5.41, 5.74) is 1.05. The van der Waals surface area contributed by atoms with Crippen molar-refractivity contribution in [3.63, 3.8) is 0 Å². The Morgan fingerprint density at radius 1 is 1.35 bits per heavy atom. The lowest BCUT2D eigenvalue weighted by Crippen LogP contribution is -2.56. The lowest BCUT2D eigenvalue weighted by Gasteiger charge is -2.46. The predicted molar refractivity (Wildman–Crippen MR) is 86.6 cm³/mol. The first-order valence-electron chi connectivity index (χ1n) is 8.83. The van der Waals surface area contributed by atoms with Crippen molar-refractivity contribution in [2.75, 3.05) is 19.7 Å². The number of carbonyl (C=O) groups is 1. The Kier molecular flexibility index (Phi) is 4.31. The van der Waals surface area contributed by atoms with Crippen LogP contribution in [0.5, 0.6) is 0 Å². The van der Waals surface area contributed by atoms with Gasteiger partial charge in [-0.1, -0.05) is 12.5 Å². The molecule has 0 radical (unpaired) electrons. The molecule has 3 atom stereocenters. The van der Waals surface area contributed by atoms with Crippen molar-refractivity contribution >= 4 is 5.91 Å². The maximum absolute atomic E-state index is 12.8. The van der Waals surface area contributed by atoms with Crippen LogP contribution < -0.4 is 5.32 Å². The first-order chi connectivity index (χ1) is 11.3. The highest BCUT2D eigenvalue weighted by Crippen LogP contribution is 2.37. The molecule has 2 saturated heterocycles. The average Bonchev–Trinajstić information content (AvgIpc) is 2.99. The van der Waals surface area contributed by atoms with Gasteiger partial charge in [-0.25, -0.2) is 0 Å². The molecule has 3 aliphatic rings. The zero-order valence-corrected chi connectivity index (χ0v) is 13.5. The highest BCUT2D eigenvalue weighted by Gasteiger charge is 2.45. The van der Waals surface area contributed by atoms with Crippen molar-refractivity contribution < 1.29 is 9.53 Å². The van der Waals surface area contributed by atoms with E-state index < -0.39 is 0 Å². The van der Waals surface area contributed by atoms with Gasteiger partial charge in [-0.15, -0.1) is 0 Å². The smallest absolute Gasteiger partial charge is 0.225 e. The van der Waals surface area contributed by atoms with Crippen LogP contribution in [-0.4, -0.2) is 47.6 Å². The monoisotopic (exact) mass is 315 g/mol. The summed E-state index contributed by atoms with van der Waals surface area (Å²) in [5, 5.41) is 3.12. The Balaban J connectivity index is 1.41. The van der Waals surface area contributed by atoms with Crippen LogP contribution >= 0.6 is 0 Å². The predicted octanol–water partition coefficient (Wildman–Crippen LogP) is 1.59. The second-order valence-electron chi connectivity index (χ2n) is 7.09. The third-order valence-corrected chi connectivity index (χ3v) is 5.74. The quantitative estimate of drug-likeness (QED) is 0.917. The number of likely N-dealkylation sites (tertiary alicyclic amines) is 1. The first-order valence-corrected chi connectivity index (χ1v) is 8.83. The summed E-state index contributed by atoms with van der Waals surface area (Å²) in [7, 11) is 0. The second kappa shape index (κ2) is 6.57. The third-order valence-electron chi connectivity index (χ3n) is 5.74. The largest absolute Gasteiger partial charge is 0.377 e. The molecular weight excluding hydrogens is 290 g/mol. The lowest BCUT2D eigenvalue weighted by atomic mass is 9.79. The average molecular weight is 315 g/mol.